The number of hydrogen-bond acceptors (Lipinski definition) is 5. The summed E-state index contributed by atoms with van der Waals surface area (Å²) in [7, 11) is 0. The molecule has 0 unspecified atom stereocenters. The van der Waals surface area contributed by atoms with Gasteiger partial charge in [0.2, 0.25) is 5.91 Å². The van der Waals surface area contributed by atoms with Crippen LogP contribution in [0.5, 0.6) is 0 Å². The van der Waals surface area contributed by atoms with Crippen molar-refractivity contribution in [3.63, 3.8) is 0 Å². The van der Waals surface area contributed by atoms with E-state index in [4.69, 9.17) is 0 Å². The van der Waals surface area contributed by atoms with Gasteiger partial charge in [0.05, 0.1) is 17.9 Å². The maximum Gasteiger partial charge on any atom is 0.416 e. The number of aromatic nitrogens is 3. The molecule has 3 rings (SSSR count). The van der Waals surface area contributed by atoms with Gasteiger partial charge in [-0.1, -0.05) is 35.5 Å². The summed E-state index contributed by atoms with van der Waals surface area (Å²) >= 11 is 1.25. The third-order valence-corrected chi connectivity index (χ3v) is 5.38. The number of carbonyl (C=O) groups is 1. The monoisotopic (exact) mass is 449 g/mol. The van der Waals surface area contributed by atoms with Crippen LogP contribution in [0, 0.1) is 6.92 Å². The van der Waals surface area contributed by atoms with Crippen molar-refractivity contribution in [1.82, 2.24) is 14.8 Å². The molecule has 2 N–H and O–H groups in total. The fourth-order valence-electron chi connectivity index (χ4n) is 2.82. The Hall–Kier alpha value is -3.01. The van der Waals surface area contributed by atoms with Crippen LogP contribution in [0.2, 0.25) is 0 Å². The van der Waals surface area contributed by atoms with Gasteiger partial charge in [-0.05, 0) is 44.2 Å². The fourth-order valence-corrected chi connectivity index (χ4v) is 3.65. The molecule has 0 aliphatic carbocycles. The van der Waals surface area contributed by atoms with Crippen LogP contribution in [0.4, 0.5) is 24.5 Å². The lowest BCUT2D eigenvalue weighted by Gasteiger charge is -2.11. The van der Waals surface area contributed by atoms with Crippen molar-refractivity contribution in [3.05, 3.63) is 65.5 Å². The van der Waals surface area contributed by atoms with Crippen LogP contribution in [0.25, 0.3) is 0 Å². The molecule has 31 heavy (non-hydrogen) atoms. The van der Waals surface area contributed by atoms with Crippen molar-refractivity contribution >= 4 is 29.0 Å². The predicted molar refractivity (Wildman–Crippen MR) is 115 cm³/mol. The Morgan fingerprint density at radius 3 is 2.52 bits per heavy atom. The van der Waals surface area contributed by atoms with Gasteiger partial charge < -0.3 is 15.2 Å². The lowest BCUT2D eigenvalue weighted by Crippen LogP contribution is -2.15. The number of aryl methyl sites for hydroxylation is 1. The van der Waals surface area contributed by atoms with Crippen LogP contribution < -0.4 is 10.6 Å². The molecule has 0 aliphatic rings. The number of thioether (sulfide) groups is 1. The van der Waals surface area contributed by atoms with Gasteiger partial charge in [0, 0.05) is 17.9 Å². The number of rotatable bonds is 8. The zero-order valence-corrected chi connectivity index (χ0v) is 17.8. The average molecular weight is 450 g/mol. The van der Waals surface area contributed by atoms with Crippen molar-refractivity contribution in [1.29, 1.82) is 0 Å². The molecule has 1 heterocycles. The summed E-state index contributed by atoms with van der Waals surface area (Å²) in [6.07, 6.45) is -4.40. The molecule has 0 fully saturated rings. The number of amides is 1. The molecule has 0 saturated carbocycles. The highest BCUT2D eigenvalue weighted by Crippen LogP contribution is 2.30. The largest absolute Gasteiger partial charge is 0.416 e. The second-order valence-electron chi connectivity index (χ2n) is 6.78. The first kappa shape index (κ1) is 22.7. The van der Waals surface area contributed by atoms with Gasteiger partial charge >= 0.3 is 6.18 Å². The summed E-state index contributed by atoms with van der Waals surface area (Å²) in [5.74, 6) is 0.567. The lowest BCUT2D eigenvalue weighted by molar-refractivity contribution is -0.137. The van der Waals surface area contributed by atoms with E-state index in [1.807, 2.05) is 42.7 Å². The molecular weight excluding hydrogens is 427 g/mol. The summed E-state index contributed by atoms with van der Waals surface area (Å²) in [4.78, 5) is 12.2. The van der Waals surface area contributed by atoms with E-state index in [1.165, 1.54) is 17.8 Å². The summed E-state index contributed by atoms with van der Waals surface area (Å²) in [5.41, 5.74) is 1.45. The van der Waals surface area contributed by atoms with Gasteiger partial charge in [0.25, 0.3) is 0 Å². The molecule has 0 aliphatic heterocycles. The van der Waals surface area contributed by atoms with E-state index < -0.39 is 11.7 Å². The van der Waals surface area contributed by atoms with Gasteiger partial charge in [-0.2, -0.15) is 13.2 Å². The van der Waals surface area contributed by atoms with E-state index in [-0.39, 0.29) is 18.2 Å². The van der Waals surface area contributed by atoms with E-state index in [0.717, 1.165) is 23.4 Å². The minimum atomic E-state index is -4.40. The second kappa shape index (κ2) is 9.86. The highest BCUT2D eigenvalue weighted by molar-refractivity contribution is 7.99. The van der Waals surface area contributed by atoms with E-state index in [9.17, 15) is 18.0 Å². The first-order chi connectivity index (χ1) is 14.8. The predicted octanol–water partition coefficient (Wildman–Crippen LogP) is 4.97. The third-order valence-electron chi connectivity index (χ3n) is 4.42. The molecule has 1 aromatic heterocycles. The molecule has 0 atom stereocenters. The molecule has 0 spiro atoms. The van der Waals surface area contributed by atoms with Crippen molar-refractivity contribution in [2.24, 2.45) is 0 Å². The highest BCUT2D eigenvalue weighted by atomic mass is 32.2. The van der Waals surface area contributed by atoms with E-state index in [1.54, 1.807) is 6.07 Å². The minimum Gasteiger partial charge on any atom is -0.378 e. The van der Waals surface area contributed by atoms with Crippen LogP contribution in [0.15, 0.2) is 53.7 Å². The van der Waals surface area contributed by atoms with Gasteiger partial charge in [-0.25, -0.2) is 0 Å². The van der Waals surface area contributed by atoms with Crippen LogP contribution >= 0.6 is 11.8 Å². The number of alkyl halides is 3. The molecular formula is C21H22F3N5OS. The normalized spacial score (nSPS) is 11.4. The maximum absolute atomic E-state index is 12.9. The molecule has 2 aromatic carbocycles. The van der Waals surface area contributed by atoms with Gasteiger partial charge in [-0.3, -0.25) is 4.79 Å². The summed E-state index contributed by atoms with van der Waals surface area (Å²) in [6, 6.07) is 12.5. The molecule has 0 radical (unpaired) electrons. The van der Waals surface area contributed by atoms with Gasteiger partial charge in [-0.15, -0.1) is 10.2 Å². The smallest absolute Gasteiger partial charge is 0.378 e. The Balaban J connectivity index is 1.59. The highest BCUT2D eigenvalue weighted by Gasteiger charge is 2.30. The molecule has 6 nitrogen and oxygen atoms in total. The minimum absolute atomic E-state index is 0.160. The second-order valence-corrected chi connectivity index (χ2v) is 7.72. The number of hydrogen-bond donors (Lipinski definition) is 2. The Kier molecular flexibility index (Phi) is 7.21. The van der Waals surface area contributed by atoms with Crippen molar-refractivity contribution in [2.75, 3.05) is 16.4 Å². The number of carbonyl (C=O) groups excluding carboxylic acids is 1. The Morgan fingerprint density at radius 2 is 1.84 bits per heavy atom. The Morgan fingerprint density at radius 1 is 1.10 bits per heavy atom. The molecule has 1 amide bonds. The average Bonchev–Trinajstić information content (AvgIpc) is 3.14. The standard InChI is InChI=1S/C21H22F3N5OS/c1-3-29-18(12-25-17-6-4-5-15(11-17)21(22,23)24)27-28-20(29)31-13-19(30)26-16-9-7-14(2)8-10-16/h4-11,25H,3,12-13H2,1-2H3,(H,26,30). The number of nitrogens with one attached hydrogen (secondary N) is 2. The number of nitrogens with zero attached hydrogens (tertiary/aromatic N) is 3. The van der Waals surface area contributed by atoms with Crippen molar-refractivity contribution in [2.45, 2.75) is 38.3 Å². The van der Waals surface area contributed by atoms with Crippen LogP contribution in [-0.4, -0.2) is 26.4 Å². The molecule has 10 heteroatoms. The summed E-state index contributed by atoms with van der Waals surface area (Å²) < 4.78 is 40.4. The van der Waals surface area contributed by atoms with Crippen molar-refractivity contribution < 1.29 is 18.0 Å². The van der Waals surface area contributed by atoms with E-state index in [0.29, 0.717) is 23.2 Å². The molecule has 0 saturated heterocycles. The Labute approximate surface area is 182 Å². The van der Waals surface area contributed by atoms with Gasteiger partial charge in [0.15, 0.2) is 11.0 Å². The fraction of sp³-hybridized carbons (Fsp3) is 0.286. The summed E-state index contributed by atoms with van der Waals surface area (Å²) in [5, 5.41) is 14.6. The molecule has 164 valence electrons. The first-order valence-electron chi connectivity index (χ1n) is 9.59. The number of benzene rings is 2. The van der Waals surface area contributed by atoms with Crippen LogP contribution in [0.1, 0.15) is 23.9 Å². The van der Waals surface area contributed by atoms with Crippen LogP contribution in [0.3, 0.4) is 0 Å². The topological polar surface area (TPSA) is 71.8 Å². The Bertz CT molecular complexity index is 1030. The number of halogens is 3. The summed E-state index contributed by atoms with van der Waals surface area (Å²) in [6.45, 7) is 4.65. The zero-order valence-electron chi connectivity index (χ0n) is 17.0. The molecule has 3 aromatic rings. The van der Waals surface area contributed by atoms with E-state index >= 15 is 0 Å². The number of anilines is 2. The SMILES string of the molecule is CCn1c(CNc2cccc(C(F)(F)F)c2)nnc1SCC(=O)Nc1ccc(C)cc1. The lowest BCUT2D eigenvalue weighted by atomic mass is 10.2. The molecule has 0 bridgehead atoms. The third kappa shape index (κ3) is 6.24. The first-order valence-corrected chi connectivity index (χ1v) is 10.6. The van der Waals surface area contributed by atoms with Crippen molar-refractivity contribution in [3.8, 4) is 0 Å². The zero-order chi connectivity index (χ0) is 22.4. The van der Waals surface area contributed by atoms with Gasteiger partial charge in [0.1, 0.15) is 0 Å². The van der Waals surface area contributed by atoms with Crippen LogP contribution in [-0.2, 0) is 24.1 Å². The quantitative estimate of drug-likeness (QED) is 0.475. The van der Waals surface area contributed by atoms with E-state index in [2.05, 4.69) is 20.8 Å². The maximum atomic E-state index is 12.9.